The minimum atomic E-state index is 0.0496. The molecule has 0 spiro atoms. The summed E-state index contributed by atoms with van der Waals surface area (Å²) in [4.78, 5) is 6.78. The summed E-state index contributed by atoms with van der Waals surface area (Å²) < 4.78 is 0. The molecular formula is C14H24N2OS. The van der Waals surface area contributed by atoms with Gasteiger partial charge in [-0.2, -0.15) is 11.8 Å². The fourth-order valence-corrected chi connectivity index (χ4v) is 2.60. The van der Waals surface area contributed by atoms with Gasteiger partial charge in [-0.05, 0) is 50.8 Å². The Kier molecular flexibility index (Phi) is 5.96. The average Bonchev–Trinajstić information content (AvgIpc) is 2.34. The van der Waals surface area contributed by atoms with Crippen LogP contribution in [0, 0.1) is 13.8 Å². The van der Waals surface area contributed by atoms with Gasteiger partial charge in [0.25, 0.3) is 0 Å². The molecule has 0 aliphatic rings. The molecular weight excluding hydrogens is 244 g/mol. The largest absolute Gasteiger partial charge is 0.392 e. The highest BCUT2D eigenvalue weighted by Gasteiger charge is 2.16. The molecule has 0 radical (unpaired) electrons. The second-order valence-corrected chi connectivity index (χ2v) is 5.77. The van der Waals surface area contributed by atoms with Crippen molar-refractivity contribution < 1.29 is 5.11 Å². The standard InChI is InChI=1S/C14H24N2OS/c1-10-8-11(2)15-14(13(10)9-17)16(4)12(3)6-7-18-5/h8,12,17H,6-7,9H2,1-5H3. The second-order valence-electron chi connectivity index (χ2n) is 4.78. The normalized spacial score (nSPS) is 12.6. The zero-order valence-electron chi connectivity index (χ0n) is 12.0. The molecule has 0 aliphatic heterocycles. The third-order valence-electron chi connectivity index (χ3n) is 3.35. The van der Waals surface area contributed by atoms with Crippen molar-refractivity contribution in [3.8, 4) is 0 Å². The van der Waals surface area contributed by atoms with E-state index in [-0.39, 0.29) is 6.61 Å². The first-order valence-corrected chi connectivity index (χ1v) is 7.70. The van der Waals surface area contributed by atoms with Gasteiger partial charge in [0.15, 0.2) is 0 Å². The number of hydrogen-bond acceptors (Lipinski definition) is 4. The van der Waals surface area contributed by atoms with Gasteiger partial charge in [0.05, 0.1) is 6.61 Å². The van der Waals surface area contributed by atoms with Gasteiger partial charge in [0, 0.05) is 24.3 Å². The summed E-state index contributed by atoms with van der Waals surface area (Å²) in [6.07, 6.45) is 3.25. The highest BCUT2D eigenvalue weighted by atomic mass is 32.2. The lowest BCUT2D eigenvalue weighted by molar-refractivity contribution is 0.280. The number of rotatable bonds is 6. The van der Waals surface area contributed by atoms with E-state index in [0.29, 0.717) is 6.04 Å². The van der Waals surface area contributed by atoms with Crippen LogP contribution in [0.4, 0.5) is 5.82 Å². The Bertz CT molecular complexity index is 396. The van der Waals surface area contributed by atoms with Gasteiger partial charge in [-0.1, -0.05) is 0 Å². The lowest BCUT2D eigenvalue weighted by atomic mass is 10.1. The van der Waals surface area contributed by atoms with Gasteiger partial charge in [-0.15, -0.1) is 0 Å². The predicted octanol–water partition coefficient (Wildman–Crippen LogP) is 2.77. The third kappa shape index (κ3) is 3.62. The quantitative estimate of drug-likeness (QED) is 0.860. The van der Waals surface area contributed by atoms with Crippen molar-refractivity contribution in [2.75, 3.05) is 24.0 Å². The van der Waals surface area contributed by atoms with E-state index in [1.165, 1.54) is 0 Å². The van der Waals surface area contributed by atoms with E-state index in [2.05, 4.69) is 30.1 Å². The summed E-state index contributed by atoms with van der Waals surface area (Å²) in [6.45, 7) is 6.28. The number of thioether (sulfide) groups is 1. The van der Waals surface area contributed by atoms with E-state index in [0.717, 1.165) is 34.8 Å². The number of aryl methyl sites for hydroxylation is 2. The van der Waals surface area contributed by atoms with Gasteiger partial charge in [0.1, 0.15) is 5.82 Å². The molecule has 1 aromatic heterocycles. The maximum Gasteiger partial charge on any atom is 0.134 e. The van der Waals surface area contributed by atoms with Crippen LogP contribution in [0.15, 0.2) is 6.07 Å². The van der Waals surface area contributed by atoms with Crippen LogP contribution in [0.2, 0.25) is 0 Å². The molecule has 1 rings (SSSR count). The average molecular weight is 268 g/mol. The van der Waals surface area contributed by atoms with Gasteiger partial charge < -0.3 is 10.0 Å². The SMILES string of the molecule is CSCCC(C)N(C)c1nc(C)cc(C)c1CO. The highest BCUT2D eigenvalue weighted by molar-refractivity contribution is 7.98. The maximum atomic E-state index is 9.53. The smallest absolute Gasteiger partial charge is 0.134 e. The number of pyridine rings is 1. The molecule has 1 unspecified atom stereocenters. The molecule has 0 amide bonds. The van der Waals surface area contributed by atoms with E-state index >= 15 is 0 Å². The topological polar surface area (TPSA) is 36.4 Å². The molecule has 1 aromatic rings. The molecule has 18 heavy (non-hydrogen) atoms. The van der Waals surface area contributed by atoms with Crippen LogP contribution in [0.3, 0.4) is 0 Å². The molecule has 1 N–H and O–H groups in total. The van der Waals surface area contributed by atoms with Gasteiger partial charge in [0.2, 0.25) is 0 Å². The highest BCUT2D eigenvalue weighted by Crippen LogP contribution is 2.24. The Balaban J connectivity index is 3.00. The second kappa shape index (κ2) is 7.00. The van der Waals surface area contributed by atoms with Crippen molar-refractivity contribution in [1.82, 2.24) is 4.98 Å². The molecule has 0 saturated carbocycles. The number of anilines is 1. The Morgan fingerprint density at radius 3 is 2.67 bits per heavy atom. The Morgan fingerprint density at radius 2 is 2.11 bits per heavy atom. The lowest BCUT2D eigenvalue weighted by Gasteiger charge is -2.28. The van der Waals surface area contributed by atoms with Crippen LogP contribution in [-0.2, 0) is 6.61 Å². The maximum absolute atomic E-state index is 9.53. The van der Waals surface area contributed by atoms with Crippen molar-refractivity contribution in [2.45, 2.75) is 39.8 Å². The summed E-state index contributed by atoms with van der Waals surface area (Å²) in [5, 5.41) is 9.53. The monoisotopic (exact) mass is 268 g/mol. The zero-order chi connectivity index (χ0) is 13.7. The van der Waals surface area contributed by atoms with E-state index < -0.39 is 0 Å². The van der Waals surface area contributed by atoms with Crippen molar-refractivity contribution in [3.63, 3.8) is 0 Å². The molecule has 3 nitrogen and oxygen atoms in total. The number of hydrogen-bond donors (Lipinski definition) is 1. The number of aliphatic hydroxyl groups is 1. The number of aliphatic hydroxyl groups excluding tert-OH is 1. The molecule has 0 saturated heterocycles. The van der Waals surface area contributed by atoms with Gasteiger partial charge >= 0.3 is 0 Å². The Labute approximate surface area is 115 Å². The first-order chi connectivity index (χ1) is 8.51. The Hall–Kier alpha value is -0.740. The summed E-state index contributed by atoms with van der Waals surface area (Å²) in [5.74, 6) is 2.06. The minimum absolute atomic E-state index is 0.0496. The van der Waals surface area contributed by atoms with E-state index in [9.17, 15) is 5.11 Å². The van der Waals surface area contributed by atoms with E-state index in [1.54, 1.807) is 0 Å². The zero-order valence-corrected chi connectivity index (χ0v) is 12.8. The molecule has 0 fully saturated rings. The molecule has 1 atom stereocenters. The van der Waals surface area contributed by atoms with Gasteiger partial charge in [-0.25, -0.2) is 4.98 Å². The summed E-state index contributed by atoms with van der Waals surface area (Å²) in [7, 11) is 2.06. The van der Waals surface area contributed by atoms with Crippen LogP contribution in [0.1, 0.15) is 30.2 Å². The number of nitrogens with zero attached hydrogens (tertiary/aromatic N) is 2. The molecule has 0 aliphatic carbocycles. The van der Waals surface area contributed by atoms with E-state index in [1.807, 2.05) is 31.7 Å². The van der Waals surface area contributed by atoms with Crippen LogP contribution in [0.5, 0.6) is 0 Å². The van der Waals surface area contributed by atoms with Crippen molar-refractivity contribution >= 4 is 17.6 Å². The minimum Gasteiger partial charge on any atom is -0.392 e. The van der Waals surface area contributed by atoms with E-state index in [4.69, 9.17) is 0 Å². The molecule has 0 bridgehead atoms. The first-order valence-electron chi connectivity index (χ1n) is 6.31. The van der Waals surface area contributed by atoms with Crippen LogP contribution in [-0.4, -0.2) is 35.2 Å². The molecule has 102 valence electrons. The van der Waals surface area contributed by atoms with Gasteiger partial charge in [-0.3, -0.25) is 0 Å². The fourth-order valence-electron chi connectivity index (χ4n) is 2.02. The molecule has 1 heterocycles. The fraction of sp³-hybridized carbons (Fsp3) is 0.643. The summed E-state index contributed by atoms with van der Waals surface area (Å²) in [6, 6.07) is 2.45. The number of aromatic nitrogens is 1. The molecule has 4 heteroatoms. The van der Waals surface area contributed by atoms with Crippen LogP contribution < -0.4 is 4.90 Å². The first kappa shape index (κ1) is 15.3. The third-order valence-corrected chi connectivity index (χ3v) is 3.99. The van der Waals surface area contributed by atoms with Crippen molar-refractivity contribution in [3.05, 3.63) is 22.9 Å². The molecule has 0 aromatic carbocycles. The van der Waals surface area contributed by atoms with Crippen LogP contribution >= 0.6 is 11.8 Å². The summed E-state index contributed by atoms with van der Waals surface area (Å²) >= 11 is 1.86. The predicted molar refractivity (Wildman–Crippen MR) is 80.5 cm³/mol. The lowest BCUT2D eigenvalue weighted by Crippen LogP contribution is -2.31. The van der Waals surface area contributed by atoms with Crippen molar-refractivity contribution in [1.29, 1.82) is 0 Å². The summed E-state index contributed by atoms with van der Waals surface area (Å²) in [5.41, 5.74) is 3.06. The van der Waals surface area contributed by atoms with Crippen molar-refractivity contribution in [2.24, 2.45) is 0 Å². The Morgan fingerprint density at radius 1 is 1.44 bits per heavy atom. The van der Waals surface area contributed by atoms with Crippen LogP contribution in [0.25, 0.3) is 0 Å².